The molecule has 0 saturated heterocycles. The predicted molar refractivity (Wildman–Crippen MR) is 228 cm³/mol. The van der Waals surface area contributed by atoms with Gasteiger partial charge in [0.05, 0.1) is 0 Å². The van der Waals surface area contributed by atoms with E-state index in [4.69, 9.17) is 0 Å². The quantitative estimate of drug-likeness (QED) is 0.109. The summed E-state index contributed by atoms with van der Waals surface area (Å²) in [7, 11) is -1.88. The van der Waals surface area contributed by atoms with Gasteiger partial charge in [-0.05, 0) is 90.1 Å². The lowest BCUT2D eigenvalue weighted by Gasteiger charge is -2.19. The van der Waals surface area contributed by atoms with E-state index in [1.165, 1.54) is 77.4 Å². The van der Waals surface area contributed by atoms with Gasteiger partial charge in [0.1, 0.15) is 0 Å². The summed E-state index contributed by atoms with van der Waals surface area (Å²) in [5, 5.41) is 5.27. The molecule has 0 aromatic heterocycles. The molecule has 0 unspecified atom stereocenters. The summed E-state index contributed by atoms with van der Waals surface area (Å²) in [5.74, 6) is 0. The summed E-state index contributed by atoms with van der Waals surface area (Å²) in [6, 6.07) is 54.4. The van der Waals surface area contributed by atoms with Gasteiger partial charge in [-0.15, -0.1) is 0 Å². The first kappa shape index (κ1) is 35.4. The lowest BCUT2D eigenvalue weighted by Crippen LogP contribution is -2.26. The largest absolute Gasteiger partial charge is 0.252 e. The van der Waals surface area contributed by atoms with E-state index in [9.17, 15) is 0 Å². The van der Waals surface area contributed by atoms with E-state index in [-0.39, 0.29) is 0 Å². The monoisotopic (exact) mass is 712 g/mol. The van der Waals surface area contributed by atoms with Gasteiger partial charge < -0.3 is 0 Å². The topological polar surface area (TPSA) is 6.02 Å². The Kier molecular flexibility index (Phi) is 10.7. The molecule has 52 heavy (non-hydrogen) atoms. The molecule has 6 aromatic carbocycles. The molecule has 0 bridgehead atoms. The van der Waals surface area contributed by atoms with Crippen molar-refractivity contribution in [2.75, 3.05) is 0 Å². The lowest BCUT2D eigenvalue weighted by atomic mass is 10.1. The molecule has 4 heteroatoms. The van der Waals surface area contributed by atoms with E-state index in [1.807, 2.05) is 0 Å². The summed E-state index contributed by atoms with van der Waals surface area (Å²) in [4.78, 5) is 0. The Morgan fingerprint density at radius 2 is 0.462 bits per heavy atom. The van der Waals surface area contributed by atoms with Gasteiger partial charge in [-0.2, -0.15) is 8.69 Å². The van der Waals surface area contributed by atoms with Gasteiger partial charge in [0.15, 0.2) is 0 Å². The molecular weight excluding hydrogens is 666 g/mol. The minimum atomic E-state index is -0.941. The molecule has 1 aliphatic rings. The zero-order chi connectivity index (χ0) is 36.2. The average molecular weight is 713 g/mol. The third kappa shape index (κ3) is 7.90. The highest BCUT2D eigenvalue weighted by Gasteiger charge is 2.35. The van der Waals surface area contributed by atoms with Crippen LogP contribution < -0.4 is 21.2 Å². The molecular formula is C48H46N2P2+2. The van der Waals surface area contributed by atoms with Crippen LogP contribution in [-0.4, -0.2) is 20.1 Å². The molecule has 256 valence electrons. The fourth-order valence-electron chi connectivity index (χ4n) is 6.37. The van der Waals surface area contributed by atoms with Crippen molar-refractivity contribution < 1.29 is 8.69 Å². The molecule has 2 nitrogen and oxygen atoms in total. The zero-order valence-corrected chi connectivity index (χ0v) is 32.7. The second kappa shape index (κ2) is 15.7. The van der Waals surface area contributed by atoms with Crippen molar-refractivity contribution in [1.29, 1.82) is 0 Å². The van der Waals surface area contributed by atoms with Crippen LogP contribution in [0.5, 0.6) is 0 Å². The normalized spacial score (nSPS) is 12.5. The number of allylic oxidation sites excluding steroid dienone is 4. The number of benzene rings is 6. The fourth-order valence-corrected chi connectivity index (χ4v) is 11.1. The summed E-state index contributed by atoms with van der Waals surface area (Å²) < 4.78 is 5.12. The van der Waals surface area contributed by atoms with Gasteiger partial charge >= 0.3 is 0 Å². The number of hydrogen-bond acceptors (Lipinski definition) is 0. The van der Waals surface area contributed by atoms with Crippen molar-refractivity contribution in [1.82, 2.24) is 0 Å². The second-order valence-corrected chi connectivity index (χ2v) is 17.9. The van der Waals surface area contributed by atoms with Gasteiger partial charge in [0, 0.05) is 69.8 Å². The van der Waals surface area contributed by atoms with E-state index in [0.29, 0.717) is 0 Å². The molecule has 0 amide bonds. The van der Waals surface area contributed by atoms with E-state index < -0.39 is 16.1 Å². The van der Waals surface area contributed by atoms with Crippen LogP contribution >= 0.6 is 16.1 Å². The maximum Gasteiger partial charge on any atom is 0.252 e. The van der Waals surface area contributed by atoms with Crippen LogP contribution in [0.4, 0.5) is 11.4 Å². The molecule has 0 saturated carbocycles. The van der Waals surface area contributed by atoms with Crippen LogP contribution in [0.1, 0.15) is 33.4 Å². The third-order valence-electron chi connectivity index (χ3n) is 9.41. The highest BCUT2D eigenvalue weighted by atomic mass is 31.1. The Labute approximate surface area is 312 Å². The Morgan fingerprint density at radius 3 is 0.673 bits per heavy atom. The average Bonchev–Trinajstić information content (AvgIpc) is 3.16. The zero-order valence-electron chi connectivity index (χ0n) is 31.0. The first-order valence-electron chi connectivity index (χ1n) is 17.9. The number of rotatable bonds is 8. The fraction of sp³-hybridized carbons (Fsp3) is 0.125. The van der Waals surface area contributed by atoms with Crippen LogP contribution in [0.3, 0.4) is 0 Å². The molecule has 0 atom stereocenters. The van der Waals surface area contributed by atoms with E-state index in [2.05, 4.69) is 220 Å². The molecule has 0 radical (unpaired) electrons. The SMILES string of the molecule is Cc1ccc([N+](=C2C=CC(=[N+](c3ccc(C)cc3)P(c3ccc(C)cc3)c3ccc(C)cc3)C=C2)P(c2ccc(C)cc2)c2ccc(C)cc2)cc1. The Balaban J connectivity index is 1.46. The van der Waals surface area contributed by atoms with Crippen molar-refractivity contribution in [3.63, 3.8) is 0 Å². The van der Waals surface area contributed by atoms with E-state index in [1.54, 1.807) is 0 Å². The molecule has 0 N–H and O–H groups in total. The van der Waals surface area contributed by atoms with Crippen LogP contribution in [0.25, 0.3) is 0 Å². The molecule has 0 spiro atoms. The number of nitrogens with zero attached hydrogens (tertiary/aromatic N) is 2. The third-order valence-corrected chi connectivity index (χ3v) is 14.3. The minimum absolute atomic E-state index is 0.941. The second-order valence-electron chi connectivity index (χ2n) is 13.8. The molecule has 0 aliphatic heterocycles. The summed E-state index contributed by atoms with van der Waals surface area (Å²) in [6.45, 7) is 13.0. The Hall–Kier alpha value is -5.00. The number of aryl methyl sites for hydroxylation is 6. The van der Waals surface area contributed by atoms with Crippen molar-refractivity contribution in [3.05, 3.63) is 203 Å². The van der Waals surface area contributed by atoms with Crippen LogP contribution in [0.15, 0.2) is 170 Å². The summed E-state index contributed by atoms with van der Waals surface area (Å²) in [5.41, 5.74) is 12.3. The van der Waals surface area contributed by atoms with Gasteiger partial charge in [0.2, 0.25) is 22.8 Å². The maximum atomic E-state index is 2.56. The predicted octanol–water partition coefficient (Wildman–Crippen LogP) is 10.6. The van der Waals surface area contributed by atoms with Crippen LogP contribution in [-0.2, 0) is 0 Å². The van der Waals surface area contributed by atoms with E-state index >= 15 is 0 Å². The molecule has 0 fully saturated rings. The van der Waals surface area contributed by atoms with Crippen molar-refractivity contribution in [2.24, 2.45) is 0 Å². The number of hydrogen-bond donors (Lipinski definition) is 0. The molecule has 7 rings (SSSR count). The molecule has 1 aliphatic carbocycles. The highest BCUT2D eigenvalue weighted by molar-refractivity contribution is 7.68. The highest BCUT2D eigenvalue weighted by Crippen LogP contribution is 2.43. The van der Waals surface area contributed by atoms with Gasteiger partial charge in [-0.1, -0.05) is 106 Å². The van der Waals surface area contributed by atoms with Gasteiger partial charge in [-0.25, -0.2) is 0 Å². The summed E-state index contributed by atoms with van der Waals surface area (Å²) >= 11 is 0. The minimum Gasteiger partial charge on any atom is -0.169 e. The first-order valence-corrected chi connectivity index (χ1v) is 20.5. The molecule has 6 aromatic rings. The summed E-state index contributed by atoms with van der Waals surface area (Å²) in [6.07, 6.45) is 9.30. The lowest BCUT2D eigenvalue weighted by molar-refractivity contribution is -0.253. The Bertz CT molecular complexity index is 2020. The van der Waals surface area contributed by atoms with Gasteiger partial charge in [-0.3, -0.25) is 0 Å². The van der Waals surface area contributed by atoms with Crippen LogP contribution in [0, 0.1) is 41.5 Å². The van der Waals surface area contributed by atoms with Gasteiger partial charge in [0.25, 0.3) is 16.1 Å². The maximum absolute atomic E-state index is 2.56. The van der Waals surface area contributed by atoms with E-state index in [0.717, 1.165) is 0 Å². The van der Waals surface area contributed by atoms with Crippen molar-refractivity contribution >= 4 is 60.2 Å². The smallest absolute Gasteiger partial charge is 0.169 e. The van der Waals surface area contributed by atoms with Crippen molar-refractivity contribution in [3.8, 4) is 0 Å². The van der Waals surface area contributed by atoms with Crippen LogP contribution in [0.2, 0.25) is 0 Å². The standard InChI is InChI=1S/C48H46N2P2/c1-35-7-19-41(20-8-35)49(51(45-27-11-37(3)12-28-45)46-29-13-38(4)14-30-46)43-23-25-44(26-24-43)50(42-21-9-36(2)10-22-42)52(47-31-15-39(5)16-32-47)48-33-17-40(6)18-34-48/h7-34H,1-6H3/q+2. The Morgan fingerprint density at radius 1 is 0.269 bits per heavy atom. The first-order chi connectivity index (χ1) is 25.2. The molecule has 0 heterocycles. The van der Waals surface area contributed by atoms with Crippen molar-refractivity contribution in [2.45, 2.75) is 41.5 Å².